The number of amides is 1. The molecule has 1 amide bonds. The lowest BCUT2D eigenvalue weighted by Gasteiger charge is -2.19. The molecule has 19 heavy (non-hydrogen) atoms. The number of carbonyl (C=O) groups is 1. The van der Waals surface area contributed by atoms with Crippen LogP contribution in [-0.4, -0.2) is 37.0 Å². The zero-order valence-corrected chi connectivity index (χ0v) is 11.7. The molecular formula is C14H21FN2O2. The van der Waals surface area contributed by atoms with Crippen molar-refractivity contribution < 1.29 is 13.9 Å². The van der Waals surface area contributed by atoms with E-state index >= 15 is 0 Å². The van der Waals surface area contributed by atoms with Crippen LogP contribution >= 0.6 is 0 Å². The maximum absolute atomic E-state index is 13.6. The summed E-state index contributed by atoms with van der Waals surface area (Å²) in [6.45, 7) is 7.59. The van der Waals surface area contributed by atoms with E-state index in [1.807, 2.05) is 13.8 Å². The Bertz CT molecular complexity index is 420. The average Bonchev–Trinajstić information content (AvgIpc) is 2.41. The van der Waals surface area contributed by atoms with Gasteiger partial charge >= 0.3 is 0 Å². The van der Waals surface area contributed by atoms with Crippen LogP contribution in [0.15, 0.2) is 18.2 Å². The van der Waals surface area contributed by atoms with E-state index in [0.717, 1.165) is 0 Å². The fourth-order valence-corrected chi connectivity index (χ4v) is 1.75. The second-order valence-electron chi connectivity index (χ2n) is 4.00. The minimum absolute atomic E-state index is 0.000655. The van der Waals surface area contributed by atoms with Crippen molar-refractivity contribution in [3.05, 3.63) is 24.0 Å². The molecule has 0 heterocycles. The van der Waals surface area contributed by atoms with Gasteiger partial charge in [-0.1, -0.05) is 0 Å². The SMILES string of the molecule is CCOc1ccc(NCC(=O)N(CC)CC)cc1F. The third-order valence-electron chi connectivity index (χ3n) is 2.79. The van der Waals surface area contributed by atoms with Gasteiger partial charge in [-0.25, -0.2) is 4.39 Å². The number of halogens is 1. The minimum Gasteiger partial charge on any atom is -0.491 e. The van der Waals surface area contributed by atoms with Crippen molar-refractivity contribution in [1.29, 1.82) is 0 Å². The molecule has 0 aromatic heterocycles. The van der Waals surface area contributed by atoms with Gasteiger partial charge in [0.25, 0.3) is 0 Å². The highest BCUT2D eigenvalue weighted by atomic mass is 19.1. The molecule has 0 fully saturated rings. The Morgan fingerprint density at radius 2 is 2.00 bits per heavy atom. The number of rotatable bonds is 7. The highest BCUT2D eigenvalue weighted by Gasteiger charge is 2.09. The smallest absolute Gasteiger partial charge is 0.241 e. The quantitative estimate of drug-likeness (QED) is 0.826. The summed E-state index contributed by atoms with van der Waals surface area (Å²) in [4.78, 5) is 13.5. The van der Waals surface area contributed by atoms with Crippen molar-refractivity contribution in [2.75, 3.05) is 31.6 Å². The summed E-state index contributed by atoms with van der Waals surface area (Å²) < 4.78 is 18.7. The van der Waals surface area contributed by atoms with Gasteiger partial charge in [0.15, 0.2) is 11.6 Å². The van der Waals surface area contributed by atoms with E-state index in [1.165, 1.54) is 6.07 Å². The second kappa shape index (κ2) is 7.61. The van der Waals surface area contributed by atoms with Gasteiger partial charge < -0.3 is 15.0 Å². The lowest BCUT2D eigenvalue weighted by molar-refractivity contribution is -0.128. The summed E-state index contributed by atoms with van der Waals surface area (Å²) in [6.07, 6.45) is 0. The van der Waals surface area contributed by atoms with Crippen LogP contribution in [0.4, 0.5) is 10.1 Å². The molecule has 0 radical (unpaired) electrons. The number of hydrogen-bond donors (Lipinski definition) is 1. The maximum atomic E-state index is 13.6. The molecular weight excluding hydrogens is 247 g/mol. The Balaban J connectivity index is 2.58. The third kappa shape index (κ3) is 4.43. The van der Waals surface area contributed by atoms with Gasteiger partial charge in [0.05, 0.1) is 13.2 Å². The molecule has 1 N–H and O–H groups in total. The third-order valence-corrected chi connectivity index (χ3v) is 2.79. The first-order valence-electron chi connectivity index (χ1n) is 6.56. The van der Waals surface area contributed by atoms with Gasteiger partial charge in [0.2, 0.25) is 5.91 Å². The van der Waals surface area contributed by atoms with E-state index in [-0.39, 0.29) is 18.2 Å². The Morgan fingerprint density at radius 1 is 1.32 bits per heavy atom. The van der Waals surface area contributed by atoms with E-state index < -0.39 is 5.82 Å². The molecule has 0 aliphatic rings. The van der Waals surface area contributed by atoms with Gasteiger partial charge in [0.1, 0.15) is 0 Å². The highest BCUT2D eigenvalue weighted by molar-refractivity contribution is 5.80. The molecule has 1 aromatic carbocycles. The van der Waals surface area contributed by atoms with Gasteiger partial charge in [-0.05, 0) is 32.9 Å². The standard InChI is InChI=1S/C14H21FN2O2/c1-4-17(5-2)14(18)10-16-11-7-8-13(19-6-3)12(15)9-11/h7-9,16H,4-6,10H2,1-3H3. The largest absolute Gasteiger partial charge is 0.491 e. The normalized spacial score (nSPS) is 10.1. The van der Waals surface area contributed by atoms with E-state index in [0.29, 0.717) is 25.4 Å². The Hall–Kier alpha value is -1.78. The minimum atomic E-state index is -0.429. The van der Waals surface area contributed by atoms with Crippen LogP contribution in [0.5, 0.6) is 5.75 Å². The Labute approximate surface area is 113 Å². The van der Waals surface area contributed by atoms with Gasteiger partial charge in [-0.15, -0.1) is 0 Å². The Morgan fingerprint density at radius 3 is 2.53 bits per heavy atom. The summed E-state index contributed by atoms with van der Waals surface area (Å²) in [7, 11) is 0. The van der Waals surface area contributed by atoms with Crippen LogP contribution < -0.4 is 10.1 Å². The summed E-state index contributed by atoms with van der Waals surface area (Å²) in [6, 6.07) is 4.59. The fourth-order valence-electron chi connectivity index (χ4n) is 1.75. The average molecular weight is 268 g/mol. The molecule has 0 atom stereocenters. The van der Waals surface area contributed by atoms with Crippen LogP contribution in [0.1, 0.15) is 20.8 Å². The van der Waals surface area contributed by atoms with Crippen LogP contribution in [0, 0.1) is 5.82 Å². The number of nitrogens with one attached hydrogen (secondary N) is 1. The van der Waals surface area contributed by atoms with Gasteiger partial charge in [-0.3, -0.25) is 4.79 Å². The first kappa shape index (κ1) is 15.3. The highest BCUT2D eigenvalue weighted by Crippen LogP contribution is 2.20. The van der Waals surface area contributed by atoms with Crippen LogP contribution in [-0.2, 0) is 4.79 Å². The van der Waals surface area contributed by atoms with Crippen LogP contribution in [0.3, 0.4) is 0 Å². The molecule has 1 aromatic rings. The van der Waals surface area contributed by atoms with Crippen LogP contribution in [0.2, 0.25) is 0 Å². The van der Waals surface area contributed by atoms with Gasteiger partial charge in [0, 0.05) is 24.8 Å². The number of benzene rings is 1. The number of hydrogen-bond acceptors (Lipinski definition) is 3. The number of ether oxygens (including phenoxy) is 1. The number of nitrogens with zero attached hydrogens (tertiary/aromatic N) is 1. The fraction of sp³-hybridized carbons (Fsp3) is 0.500. The molecule has 106 valence electrons. The predicted molar refractivity (Wildman–Crippen MR) is 74.0 cm³/mol. The molecule has 5 heteroatoms. The molecule has 0 aliphatic heterocycles. The molecule has 0 unspecified atom stereocenters. The lowest BCUT2D eigenvalue weighted by Crippen LogP contribution is -2.35. The summed E-state index contributed by atoms with van der Waals surface area (Å²) in [5.74, 6) is -0.204. The van der Waals surface area contributed by atoms with E-state index in [9.17, 15) is 9.18 Å². The second-order valence-corrected chi connectivity index (χ2v) is 4.00. The topological polar surface area (TPSA) is 41.6 Å². The molecule has 0 bridgehead atoms. The van der Waals surface area contributed by atoms with Crippen molar-refractivity contribution in [2.24, 2.45) is 0 Å². The van der Waals surface area contributed by atoms with Crippen LogP contribution in [0.25, 0.3) is 0 Å². The molecule has 0 spiro atoms. The number of likely N-dealkylation sites (N-methyl/N-ethyl adjacent to an activating group) is 1. The predicted octanol–water partition coefficient (Wildman–Crippen LogP) is 2.50. The summed E-state index contributed by atoms with van der Waals surface area (Å²) >= 11 is 0. The van der Waals surface area contributed by atoms with Gasteiger partial charge in [-0.2, -0.15) is 0 Å². The molecule has 4 nitrogen and oxygen atoms in total. The lowest BCUT2D eigenvalue weighted by atomic mass is 10.3. The molecule has 0 saturated carbocycles. The summed E-state index contributed by atoms with van der Waals surface area (Å²) in [5.41, 5.74) is 0.571. The zero-order valence-electron chi connectivity index (χ0n) is 11.7. The van der Waals surface area contributed by atoms with Crippen molar-refractivity contribution in [2.45, 2.75) is 20.8 Å². The van der Waals surface area contributed by atoms with E-state index in [4.69, 9.17) is 4.74 Å². The molecule has 0 aliphatic carbocycles. The first-order valence-corrected chi connectivity index (χ1v) is 6.56. The van der Waals surface area contributed by atoms with E-state index in [1.54, 1.807) is 24.0 Å². The number of anilines is 1. The van der Waals surface area contributed by atoms with Crippen molar-refractivity contribution in [3.63, 3.8) is 0 Å². The molecule has 0 saturated heterocycles. The van der Waals surface area contributed by atoms with Crippen molar-refractivity contribution >= 4 is 11.6 Å². The maximum Gasteiger partial charge on any atom is 0.241 e. The molecule has 1 rings (SSSR count). The Kier molecular flexibility index (Phi) is 6.12. The van der Waals surface area contributed by atoms with Crippen molar-refractivity contribution in [3.8, 4) is 5.75 Å². The first-order chi connectivity index (χ1) is 9.12. The zero-order chi connectivity index (χ0) is 14.3. The van der Waals surface area contributed by atoms with E-state index in [2.05, 4.69) is 5.32 Å². The number of carbonyl (C=O) groups excluding carboxylic acids is 1. The van der Waals surface area contributed by atoms with Crippen molar-refractivity contribution in [1.82, 2.24) is 4.90 Å². The monoisotopic (exact) mass is 268 g/mol. The summed E-state index contributed by atoms with van der Waals surface area (Å²) in [5, 5.41) is 2.92.